The van der Waals surface area contributed by atoms with Gasteiger partial charge >= 0.3 is 0 Å². The van der Waals surface area contributed by atoms with Gasteiger partial charge in [-0.1, -0.05) is 6.07 Å². The Bertz CT molecular complexity index is 763. The average Bonchev–Trinajstić information content (AvgIpc) is 3.33. The first-order valence-electron chi connectivity index (χ1n) is 8.85. The SMILES string of the molecule is O=C(NCC1CC1)[C@H]1CCCN(C(=O)c2cccc3[nH]ccc23)C1. The molecule has 1 atom stereocenters. The fourth-order valence-electron chi connectivity index (χ4n) is 3.53. The minimum Gasteiger partial charge on any atom is -0.361 e. The highest BCUT2D eigenvalue weighted by molar-refractivity contribution is 6.06. The molecule has 2 fully saturated rings. The summed E-state index contributed by atoms with van der Waals surface area (Å²) >= 11 is 0. The smallest absolute Gasteiger partial charge is 0.254 e. The maximum atomic E-state index is 12.9. The van der Waals surface area contributed by atoms with E-state index in [4.69, 9.17) is 0 Å². The third-order valence-corrected chi connectivity index (χ3v) is 5.17. The number of benzene rings is 1. The van der Waals surface area contributed by atoms with Crippen LogP contribution in [0.3, 0.4) is 0 Å². The summed E-state index contributed by atoms with van der Waals surface area (Å²) in [6.07, 6.45) is 6.07. The van der Waals surface area contributed by atoms with E-state index in [0.717, 1.165) is 36.8 Å². The van der Waals surface area contributed by atoms with Gasteiger partial charge < -0.3 is 15.2 Å². The van der Waals surface area contributed by atoms with E-state index in [9.17, 15) is 9.59 Å². The fraction of sp³-hybridized carbons (Fsp3) is 0.474. The second-order valence-electron chi connectivity index (χ2n) is 7.02. The lowest BCUT2D eigenvalue weighted by Gasteiger charge is -2.32. The van der Waals surface area contributed by atoms with Crippen LogP contribution in [0.2, 0.25) is 0 Å². The van der Waals surface area contributed by atoms with E-state index in [1.165, 1.54) is 12.8 Å². The zero-order valence-corrected chi connectivity index (χ0v) is 13.8. The fourth-order valence-corrected chi connectivity index (χ4v) is 3.53. The van der Waals surface area contributed by atoms with Crippen LogP contribution in [0.25, 0.3) is 10.9 Å². The van der Waals surface area contributed by atoms with Crippen LogP contribution in [0, 0.1) is 11.8 Å². The van der Waals surface area contributed by atoms with Crippen LogP contribution in [0.4, 0.5) is 0 Å². The summed E-state index contributed by atoms with van der Waals surface area (Å²) in [6.45, 7) is 2.05. The Balaban J connectivity index is 1.46. The molecule has 0 unspecified atom stereocenters. The first-order valence-corrected chi connectivity index (χ1v) is 8.85. The molecule has 126 valence electrons. The van der Waals surface area contributed by atoms with Gasteiger partial charge in [-0.2, -0.15) is 0 Å². The number of aromatic nitrogens is 1. The van der Waals surface area contributed by atoms with Crippen molar-refractivity contribution in [1.29, 1.82) is 0 Å². The van der Waals surface area contributed by atoms with Gasteiger partial charge in [0.25, 0.3) is 5.91 Å². The molecule has 1 aliphatic carbocycles. The number of likely N-dealkylation sites (tertiary alicyclic amines) is 1. The van der Waals surface area contributed by atoms with Gasteiger partial charge in [-0.15, -0.1) is 0 Å². The van der Waals surface area contributed by atoms with E-state index in [2.05, 4.69) is 10.3 Å². The number of rotatable bonds is 4. The number of piperidine rings is 1. The minimum absolute atomic E-state index is 0.0277. The summed E-state index contributed by atoms with van der Waals surface area (Å²) < 4.78 is 0. The zero-order chi connectivity index (χ0) is 16.5. The van der Waals surface area contributed by atoms with E-state index >= 15 is 0 Å². The van der Waals surface area contributed by atoms with Crippen molar-refractivity contribution in [2.45, 2.75) is 25.7 Å². The predicted octanol–water partition coefficient (Wildman–Crippen LogP) is 2.55. The van der Waals surface area contributed by atoms with Crippen molar-refractivity contribution in [3.63, 3.8) is 0 Å². The van der Waals surface area contributed by atoms with Crippen LogP contribution in [0.5, 0.6) is 0 Å². The molecule has 2 aliphatic rings. The number of carbonyl (C=O) groups excluding carboxylic acids is 2. The minimum atomic E-state index is -0.0770. The molecule has 1 aromatic carbocycles. The molecule has 2 amide bonds. The Kier molecular flexibility index (Phi) is 4.00. The lowest BCUT2D eigenvalue weighted by atomic mass is 9.96. The standard InChI is InChI=1S/C19H23N3O2/c23-18(21-11-13-6-7-13)14-3-2-10-22(12-14)19(24)16-4-1-5-17-15(16)8-9-20-17/h1,4-5,8-9,13-14,20H,2-3,6-7,10-12H2,(H,21,23)/t14-/m0/s1. The number of fused-ring (bicyclic) bond motifs is 1. The molecule has 4 rings (SSSR count). The van der Waals surface area contributed by atoms with E-state index < -0.39 is 0 Å². The van der Waals surface area contributed by atoms with Gasteiger partial charge in [-0.05, 0) is 49.8 Å². The molecule has 1 aliphatic heterocycles. The molecule has 24 heavy (non-hydrogen) atoms. The number of amides is 2. The number of hydrogen-bond donors (Lipinski definition) is 2. The van der Waals surface area contributed by atoms with Crippen molar-refractivity contribution in [2.24, 2.45) is 11.8 Å². The maximum absolute atomic E-state index is 12.9. The van der Waals surface area contributed by atoms with Crippen molar-refractivity contribution < 1.29 is 9.59 Å². The van der Waals surface area contributed by atoms with Gasteiger partial charge in [0.1, 0.15) is 0 Å². The Hall–Kier alpha value is -2.30. The molecule has 2 heterocycles. The molecule has 1 aromatic heterocycles. The predicted molar refractivity (Wildman–Crippen MR) is 92.7 cm³/mol. The van der Waals surface area contributed by atoms with Crippen molar-refractivity contribution >= 4 is 22.7 Å². The van der Waals surface area contributed by atoms with E-state index in [-0.39, 0.29) is 17.7 Å². The molecular weight excluding hydrogens is 302 g/mol. The van der Waals surface area contributed by atoms with Gasteiger partial charge in [-0.25, -0.2) is 0 Å². The summed E-state index contributed by atoms with van der Waals surface area (Å²) in [5.41, 5.74) is 1.68. The maximum Gasteiger partial charge on any atom is 0.254 e. The largest absolute Gasteiger partial charge is 0.361 e. The molecule has 0 radical (unpaired) electrons. The molecule has 2 aromatic rings. The van der Waals surface area contributed by atoms with Crippen LogP contribution < -0.4 is 5.32 Å². The van der Waals surface area contributed by atoms with Crippen LogP contribution in [0.1, 0.15) is 36.0 Å². The third kappa shape index (κ3) is 3.03. The summed E-state index contributed by atoms with van der Waals surface area (Å²) in [5, 5.41) is 4.00. The summed E-state index contributed by atoms with van der Waals surface area (Å²) in [4.78, 5) is 30.3. The number of nitrogens with zero attached hydrogens (tertiary/aromatic N) is 1. The van der Waals surface area contributed by atoms with Crippen LogP contribution in [0.15, 0.2) is 30.5 Å². The van der Waals surface area contributed by atoms with Crippen LogP contribution >= 0.6 is 0 Å². The van der Waals surface area contributed by atoms with E-state index in [1.807, 2.05) is 35.4 Å². The molecule has 0 bridgehead atoms. The molecule has 0 spiro atoms. The summed E-state index contributed by atoms with van der Waals surface area (Å²) in [7, 11) is 0. The number of H-pyrrole nitrogens is 1. The van der Waals surface area contributed by atoms with Crippen LogP contribution in [-0.2, 0) is 4.79 Å². The first-order chi connectivity index (χ1) is 11.7. The van der Waals surface area contributed by atoms with Gasteiger partial charge in [0.15, 0.2) is 0 Å². The number of aromatic amines is 1. The van der Waals surface area contributed by atoms with E-state index in [0.29, 0.717) is 18.0 Å². The van der Waals surface area contributed by atoms with Gasteiger partial charge in [-0.3, -0.25) is 9.59 Å². The van der Waals surface area contributed by atoms with Crippen LogP contribution in [-0.4, -0.2) is 41.3 Å². The quantitative estimate of drug-likeness (QED) is 0.907. The molecule has 1 saturated carbocycles. The van der Waals surface area contributed by atoms with Gasteiger partial charge in [0.05, 0.1) is 5.92 Å². The van der Waals surface area contributed by atoms with Gasteiger partial charge in [0.2, 0.25) is 5.91 Å². The highest BCUT2D eigenvalue weighted by atomic mass is 16.2. The molecule has 5 heteroatoms. The van der Waals surface area contributed by atoms with Crippen molar-refractivity contribution in [1.82, 2.24) is 15.2 Å². The third-order valence-electron chi connectivity index (χ3n) is 5.17. The van der Waals surface area contributed by atoms with Crippen molar-refractivity contribution in [3.8, 4) is 0 Å². The molecule has 2 N–H and O–H groups in total. The number of nitrogens with one attached hydrogen (secondary N) is 2. The number of carbonyl (C=O) groups is 2. The normalized spacial score (nSPS) is 21.0. The Morgan fingerprint density at radius 3 is 2.92 bits per heavy atom. The lowest BCUT2D eigenvalue weighted by Crippen LogP contribution is -2.45. The Morgan fingerprint density at radius 1 is 1.21 bits per heavy atom. The van der Waals surface area contributed by atoms with Crippen molar-refractivity contribution in [3.05, 3.63) is 36.0 Å². The Morgan fingerprint density at radius 2 is 2.08 bits per heavy atom. The summed E-state index contributed by atoms with van der Waals surface area (Å²) in [5.74, 6) is 0.743. The second kappa shape index (κ2) is 6.30. The summed E-state index contributed by atoms with van der Waals surface area (Å²) in [6, 6.07) is 7.67. The lowest BCUT2D eigenvalue weighted by molar-refractivity contribution is -0.126. The highest BCUT2D eigenvalue weighted by Gasteiger charge is 2.30. The Labute approximate surface area is 141 Å². The highest BCUT2D eigenvalue weighted by Crippen LogP contribution is 2.28. The number of hydrogen-bond acceptors (Lipinski definition) is 2. The van der Waals surface area contributed by atoms with Crippen molar-refractivity contribution in [2.75, 3.05) is 19.6 Å². The zero-order valence-electron chi connectivity index (χ0n) is 13.8. The monoisotopic (exact) mass is 325 g/mol. The van der Waals surface area contributed by atoms with E-state index in [1.54, 1.807) is 0 Å². The molecular formula is C19H23N3O2. The molecule has 1 saturated heterocycles. The molecule has 5 nitrogen and oxygen atoms in total. The average molecular weight is 325 g/mol. The topological polar surface area (TPSA) is 65.2 Å². The van der Waals surface area contributed by atoms with Gasteiger partial charge in [0, 0.05) is 42.3 Å². The first kappa shape index (κ1) is 15.2. The second-order valence-corrected chi connectivity index (χ2v) is 7.02.